The average Bonchev–Trinajstić information content (AvgIpc) is 2.33. The summed E-state index contributed by atoms with van der Waals surface area (Å²) in [5, 5.41) is 6.32. The van der Waals surface area contributed by atoms with E-state index in [1.807, 2.05) is 33.8 Å². The minimum absolute atomic E-state index is 0.0863. The Kier molecular flexibility index (Phi) is 5.06. The van der Waals surface area contributed by atoms with Crippen molar-refractivity contribution >= 4 is 6.09 Å². The van der Waals surface area contributed by atoms with Crippen molar-refractivity contribution in [3.63, 3.8) is 0 Å². The van der Waals surface area contributed by atoms with Crippen LogP contribution in [-0.4, -0.2) is 23.8 Å². The molecule has 0 radical (unpaired) electrons. The Bertz CT molecular complexity index is 522. The Labute approximate surface area is 131 Å². The summed E-state index contributed by atoms with van der Waals surface area (Å²) in [5.74, 6) is -0.218. The van der Waals surface area contributed by atoms with Crippen LogP contribution in [0.1, 0.15) is 52.1 Å². The summed E-state index contributed by atoms with van der Waals surface area (Å²) in [4.78, 5) is 11.7. The van der Waals surface area contributed by atoms with Crippen molar-refractivity contribution in [1.29, 1.82) is 0 Å². The van der Waals surface area contributed by atoms with Crippen LogP contribution in [-0.2, 0) is 4.74 Å². The predicted molar refractivity (Wildman–Crippen MR) is 84.1 cm³/mol. The van der Waals surface area contributed by atoms with E-state index in [2.05, 4.69) is 10.6 Å². The number of ether oxygens (including phenoxy) is 1. The molecule has 1 amide bonds. The molecule has 1 fully saturated rings. The molecule has 0 bridgehead atoms. The van der Waals surface area contributed by atoms with Gasteiger partial charge in [0.25, 0.3) is 0 Å². The second kappa shape index (κ2) is 6.65. The lowest BCUT2D eigenvalue weighted by molar-refractivity contribution is 0.0463. The van der Waals surface area contributed by atoms with Crippen molar-refractivity contribution in [3.8, 4) is 0 Å². The van der Waals surface area contributed by atoms with Gasteiger partial charge in [-0.3, -0.25) is 0 Å². The molecule has 0 aromatic heterocycles. The van der Waals surface area contributed by atoms with Gasteiger partial charge in [0.05, 0.1) is 0 Å². The molecule has 1 aliphatic carbocycles. The first-order chi connectivity index (χ1) is 10.2. The van der Waals surface area contributed by atoms with Crippen LogP contribution in [0.25, 0.3) is 0 Å². The zero-order valence-electron chi connectivity index (χ0n) is 13.7. The maximum atomic E-state index is 13.2. The monoisotopic (exact) mass is 308 g/mol. The lowest BCUT2D eigenvalue weighted by atomic mass is 9.86. The molecule has 0 saturated heterocycles. The minimum Gasteiger partial charge on any atom is -0.444 e. The van der Waals surface area contributed by atoms with Crippen LogP contribution in [0.5, 0.6) is 0 Å². The highest BCUT2D eigenvalue weighted by atomic mass is 19.1. The number of hydrogen-bond donors (Lipinski definition) is 2. The number of carbonyl (C=O) groups is 1. The summed E-state index contributed by atoms with van der Waals surface area (Å²) in [5.41, 5.74) is 0.459. The van der Waals surface area contributed by atoms with E-state index in [1.165, 1.54) is 6.07 Å². The molecule has 5 heteroatoms. The molecular weight excluding hydrogens is 283 g/mol. The van der Waals surface area contributed by atoms with Crippen molar-refractivity contribution < 1.29 is 13.9 Å². The van der Waals surface area contributed by atoms with Crippen LogP contribution in [0.15, 0.2) is 24.3 Å². The average molecular weight is 308 g/mol. The van der Waals surface area contributed by atoms with Gasteiger partial charge in [0.2, 0.25) is 0 Å². The van der Waals surface area contributed by atoms with E-state index in [4.69, 9.17) is 4.74 Å². The Balaban J connectivity index is 1.72. The summed E-state index contributed by atoms with van der Waals surface area (Å²) < 4.78 is 18.4. The van der Waals surface area contributed by atoms with Crippen LogP contribution < -0.4 is 10.6 Å². The van der Waals surface area contributed by atoms with Crippen LogP contribution in [0, 0.1) is 5.82 Å². The van der Waals surface area contributed by atoms with Gasteiger partial charge in [0.1, 0.15) is 11.4 Å². The number of hydrogen-bond acceptors (Lipinski definition) is 3. The van der Waals surface area contributed by atoms with Crippen LogP contribution in [0.2, 0.25) is 0 Å². The third-order valence-electron chi connectivity index (χ3n) is 3.69. The van der Waals surface area contributed by atoms with Crippen LogP contribution in [0.3, 0.4) is 0 Å². The quantitative estimate of drug-likeness (QED) is 0.894. The normalized spacial score (nSPS) is 22.6. The predicted octanol–water partition coefficient (Wildman–Crippen LogP) is 3.53. The van der Waals surface area contributed by atoms with Gasteiger partial charge >= 0.3 is 6.09 Å². The Morgan fingerprint density at radius 1 is 1.32 bits per heavy atom. The molecule has 1 atom stereocenters. The first kappa shape index (κ1) is 16.7. The minimum atomic E-state index is -0.475. The Morgan fingerprint density at radius 3 is 2.59 bits per heavy atom. The van der Waals surface area contributed by atoms with Crippen LogP contribution in [0.4, 0.5) is 9.18 Å². The molecule has 1 saturated carbocycles. The number of alkyl carbamates (subject to hydrolysis) is 1. The summed E-state index contributed by atoms with van der Waals surface area (Å²) in [7, 11) is 0. The standard InChI is InChI=1S/C17H25FN2O2/c1-11(12-6-5-7-13(18)8-12)19-14-9-15(10-14)20-16(21)22-17(2,3)4/h5-8,11,14-15,19H,9-10H2,1-4H3,(H,20,21)/t11-,14?,15?/m1/s1. The molecular formula is C17H25FN2O2. The van der Waals surface area contributed by atoms with Gasteiger partial charge in [-0.05, 0) is 58.2 Å². The highest BCUT2D eigenvalue weighted by Crippen LogP contribution is 2.24. The third kappa shape index (κ3) is 4.98. The number of amides is 1. The maximum Gasteiger partial charge on any atom is 0.407 e. The van der Waals surface area contributed by atoms with E-state index < -0.39 is 5.60 Å². The highest BCUT2D eigenvalue weighted by molar-refractivity contribution is 5.68. The van der Waals surface area contributed by atoms with E-state index in [0.29, 0.717) is 6.04 Å². The largest absolute Gasteiger partial charge is 0.444 e. The smallest absolute Gasteiger partial charge is 0.407 e. The maximum absolute atomic E-state index is 13.2. The van der Waals surface area contributed by atoms with Crippen molar-refractivity contribution in [2.24, 2.45) is 0 Å². The van der Waals surface area contributed by atoms with Crippen molar-refractivity contribution in [2.45, 2.75) is 64.3 Å². The highest BCUT2D eigenvalue weighted by Gasteiger charge is 2.32. The van der Waals surface area contributed by atoms with Crippen molar-refractivity contribution in [2.75, 3.05) is 0 Å². The Morgan fingerprint density at radius 2 is 2.00 bits per heavy atom. The summed E-state index contributed by atoms with van der Waals surface area (Å²) in [6.45, 7) is 7.55. The van der Waals surface area contributed by atoms with Crippen LogP contribution >= 0.6 is 0 Å². The van der Waals surface area contributed by atoms with Crippen molar-refractivity contribution in [3.05, 3.63) is 35.6 Å². The summed E-state index contributed by atoms with van der Waals surface area (Å²) in [6, 6.07) is 7.19. The first-order valence-electron chi connectivity index (χ1n) is 7.74. The molecule has 2 rings (SSSR count). The summed E-state index contributed by atoms with van der Waals surface area (Å²) >= 11 is 0. The molecule has 2 N–H and O–H groups in total. The van der Waals surface area contributed by atoms with E-state index in [-0.39, 0.29) is 24.0 Å². The van der Waals surface area contributed by atoms with Gasteiger partial charge < -0.3 is 15.4 Å². The van der Waals surface area contributed by atoms with E-state index in [0.717, 1.165) is 18.4 Å². The van der Waals surface area contributed by atoms with E-state index in [9.17, 15) is 9.18 Å². The molecule has 0 aliphatic heterocycles. The number of carbonyl (C=O) groups excluding carboxylic acids is 1. The molecule has 4 nitrogen and oxygen atoms in total. The molecule has 1 aliphatic rings. The van der Waals surface area contributed by atoms with E-state index >= 15 is 0 Å². The van der Waals surface area contributed by atoms with Crippen molar-refractivity contribution in [1.82, 2.24) is 10.6 Å². The SMILES string of the molecule is C[C@@H](NC1CC(NC(=O)OC(C)(C)C)C1)c1cccc(F)c1. The molecule has 0 unspecified atom stereocenters. The number of rotatable bonds is 4. The molecule has 0 spiro atoms. The lowest BCUT2D eigenvalue weighted by Crippen LogP contribution is -2.53. The molecule has 0 heterocycles. The second-order valence-corrected chi connectivity index (χ2v) is 6.95. The first-order valence-corrected chi connectivity index (χ1v) is 7.74. The van der Waals surface area contributed by atoms with Gasteiger partial charge in [-0.2, -0.15) is 0 Å². The fraction of sp³-hybridized carbons (Fsp3) is 0.588. The lowest BCUT2D eigenvalue weighted by Gasteiger charge is -2.38. The van der Waals surface area contributed by atoms with Gasteiger partial charge in [-0.15, -0.1) is 0 Å². The molecule has 1 aromatic rings. The van der Waals surface area contributed by atoms with Gasteiger partial charge in [-0.1, -0.05) is 12.1 Å². The zero-order chi connectivity index (χ0) is 16.3. The Hall–Kier alpha value is -1.62. The summed E-state index contributed by atoms with van der Waals surface area (Å²) in [6.07, 6.45) is 1.35. The van der Waals surface area contributed by atoms with Gasteiger partial charge in [0, 0.05) is 18.1 Å². The van der Waals surface area contributed by atoms with Gasteiger partial charge in [0.15, 0.2) is 0 Å². The third-order valence-corrected chi connectivity index (χ3v) is 3.69. The zero-order valence-corrected chi connectivity index (χ0v) is 13.7. The van der Waals surface area contributed by atoms with E-state index in [1.54, 1.807) is 12.1 Å². The number of nitrogens with one attached hydrogen (secondary N) is 2. The van der Waals surface area contributed by atoms with Gasteiger partial charge in [-0.25, -0.2) is 9.18 Å². The topological polar surface area (TPSA) is 50.4 Å². The fourth-order valence-corrected chi connectivity index (χ4v) is 2.57. The number of benzene rings is 1. The fourth-order valence-electron chi connectivity index (χ4n) is 2.57. The molecule has 22 heavy (non-hydrogen) atoms. The number of halogens is 1. The molecule has 122 valence electrons. The molecule has 1 aromatic carbocycles. The second-order valence-electron chi connectivity index (χ2n) is 6.95.